The summed E-state index contributed by atoms with van der Waals surface area (Å²) < 4.78 is 59.3. The van der Waals surface area contributed by atoms with E-state index in [1.54, 1.807) is 0 Å². The molecule has 5 saturated heterocycles. The number of aliphatic hydroxyl groups excluding tert-OH is 15. The summed E-state index contributed by atoms with van der Waals surface area (Å²) in [5, 5.41) is 165. The fraction of sp³-hybridized carbons (Fsp3) is 0.948. The van der Waals surface area contributed by atoms with Crippen LogP contribution in [0, 0.1) is 50.2 Å². The molecule has 482 valence electrons. The Morgan fingerprint density at radius 1 is 0.560 bits per heavy atom. The van der Waals surface area contributed by atoms with Gasteiger partial charge in [0.1, 0.15) is 97.0 Å². The Labute approximate surface area is 488 Å². The van der Waals surface area contributed by atoms with Crippen molar-refractivity contribution >= 4 is 5.97 Å². The normalized spacial score (nSPS) is 55.8. The van der Waals surface area contributed by atoms with Crippen LogP contribution in [0.1, 0.15) is 113 Å². The van der Waals surface area contributed by atoms with Gasteiger partial charge in [-0.25, -0.2) is 0 Å². The van der Waals surface area contributed by atoms with Gasteiger partial charge >= 0.3 is 5.97 Å². The lowest BCUT2D eigenvalue weighted by Gasteiger charge is -2.72. The van der Waals surface area contributed by atoms with Gasteiger partial charge in [0.2, 0.25) is 6.29 Å². The fourth-order valence-corrected chi connectivity index (χ4v) is 17.5. The molecule has 9 fully saturated rings. The molecule has 5 aliphatic carbocycles. The maximum absolute atomic E-state index is 15.4. The molecule has 0 aromatic rings. The van der Waals surface area contributed by atoms with E-state index in [0.717, 1.165) is 5.57 Å². The van der Waals surface area contributed by atoms with Crippen molar-refractivity contribution < 1.29 is 129 Å². The molecule has 0 amide bonds. The first-order chi connectivity index (χ1) is 39.3. The van der Waals surface area contributed by atoms with E-state index >= 15 is 4.79 Å². The SMILES string of the molecule is CC1OC(OC2C(O)COC(OC3C(C)OC(OC4C(OC(=O)C56CCC(C)(C)CC5C5=CCC7C8(C)CCC(OC9OC(CO)C(O)C(O)C9O)C(C)(CO)C8CCC7(C)C5(C)CC6O)OCC(O)C4O)C(O)C3O)C2O)C(O)C(O)C1O. The summed E-state index contributed by atoms with van der Waals surface area (Å²) >= 11 is 0. The van der Waals surface area contributed by atoms with Crippen LogP contribution < -0.4 is 0 Å². The predicted molar refractivity (Wildman–Crippen MR) is 283 cm³/mol. The minimum absolute atomic E-state index is 0.0326. The molecule has 10 aliphatic rings. The standard InChI is InChI=1S/C58H94O26/c1-23-34(64)37(67)40(70)48(77-23)82-45-28(62)21-75-47(43(45)73)81-44-24(2)78-49(42(72)39(44)69)83-46-35(65)27(61)20-76-51(46)84-52(74)58-16-15-53(3,4)17-26(58)25-9-10-31-54(5)13-12-33(80-50-41(71)38(68)36(66)29(19-59)79-50)55(6,22-60)30(54)11-14-56(31,7)57(25,8)18-32(58)63/h9,23-24,26-51,59-73H,10-22H2,1-8H3. The minimum Gasteiger partial charge on any atom is -0.432 e. The van der Waals surface area contributed by atoms with Gasteiger partial charge in [-0.05, 0) is 111 Å². The van der Waals surface area contributed by atoms with E-state index in [4.69, 9.17) is 47.4 Å². The first-order valence-corrected chi connectivity index (χ1v) is 30.1. The van der Waals surface area contributed by atoms with Crippen molar-refractivity contribution in [2.45, 2.75) is 267 Å². The molecular weight excluding hydrogens is 1110 g/mol. The van der Waals surface area contributed by atoms with Gasteiger partial charge in [0.25, 0.3) is 0 Å². The van der Waals surface area contributed by atoms with Crippen LogP contribution in [0.3, 0.4) is 0 Å². The number of rotatable bonds is 12. The highest BCUT2D eigenvalue weighted by Crippen LogP contribution is 2.76. The molecular formula is C58H94O26. The lowest BCUT2D eigenvalue weighted by molar-refractivity contribution is -0.377. The van der Waals surface area contributed by atoms with E-state index in [1.165, 1.54) is 13.8 Å². The van der Waals surface area contributed by atoms with E-state index in [2.05, 4.69) is 40.7 Å². The van der Waals surface area contributed by atoms with Gasteiger partial charge in [0, 0.05) is 5.41 Å². The number of hydrogen-bond acceptors (Lipinski definition) is 26. The quantitative estimate of drug-likeness (QED) is 0.0528. The van der Waals surface area contributed by atoms with Crippen molar-refractivity contribution in [1.82, 2.24) is 0 Å². The van der Waals surface area contributed by atoms with Crippen LogP contribution >= 0.6 is 0 Å². The Hall–Kier alpha value is -1.75. The topological polar surface area (TPSA) is 413 Å². The number of fused-ring (bicyclic) bond motifs is 7. The summed E-state index contributed by atoms with van der Waals surface area (Å²) in [6.45, 7) is 14.0. The van der Waals surface area contributed by atoms with Gasteiger partial charge in [-0.1, -0.05) is 53.2 Å². The molecule has 33 unspecified atom stereocenters. The van der Waals surface area contributed by atoms with Gasteiger partial charge in [-0.3, -0.25) is 4.79 Å². The molecule has 0 radical (unpaired) electrons. The summed E-state index contributed by atoms with van der Waals surface area (Å²) in [6, 6.07) is 0. The molecule has 5 aliphatic heterocycles. The van der Waals surface area contributed by atoms with Crippen molar-refractivity contribution in [2.24, 2.45) is 50.2 Å². The number of ether oxygens (including phenoxy) is 10. The largest absolute Gasteiger partial charge is 0.432 e. The molecule has 0 spiro atoms. The van der Waals surface area contributed by atoms with Crippen LogP contribution in [0.15, 0.2) is 11.6 Å². The summed E-state index contributed by atoms with van der Waals surface area (Å²) in [5.74, 6) is -1.40. The van der Waals surface area contributed by atoms with Crippen LogP contribution in [-0.2, 0) is 52.2 Å². The van der Waals surface area contributed by atoms with Crippen LogP contribution in [0.4, 0.5) is 0 Å². The van der Waals surface area contributed by atoms with Crippen LogP contribution in [-0.4, -0.2) is 263 Å². The smallest absolute Gasteiger partial charge is 0.317 e. The van der Waals surface area contributed by atoms with E-state index in [0.29, 0.717) is 44.9 Å². The molecule has 0 aromatic heterocycles. The highest BCUT2D eigenvalue weighted by molar-refractivity contribution is 5.80. The van der Waals surface area contributed by atoms with Crippen molar-refractivity contribution in [3.05, 3.63) is 11.6 Å². The Kier molecular flexibility index (Phi) is 18.5. The third kappa shape index (κ3) is 10.6. The molecule has 84 heavy (non-hydrogen) atoms. The Morgan fingerprint density at radius 3 is 1.82 bits per heavy atom. The van der Waals surface area contributed by atoms with Crippen LogP contribution in [0.5, 0.6) is 0 Å². The van der Waals surface area contributed by atoms with E-state index in [-0.39, 0.29) is 42.1 Å². The summed E-state index contributed by atoms with van der Waals surface area (Å²) in [7, 11) is 0. The van der Waals surface area contributed by atoms with Crippen LogP contribution in [0.2, 0.25) is 0 Å². The highest BCUT2D eigenvalue weighted by Gasteiger charge is 2.73. The van der Waals surface area contributed by atoms with Gasteiger partial charge in [0.05, 0.1) is 50.8 Å². The second-order valence-corrected chi connectivity index (χ2v) is 28.1. The zero-order valence-electron chi connectivity index (χ0n) is 49.1. The van der Waals surface area contributed by atoms with Crippen molar-refractivity contribution in [1.29, 1.82) is 0 Å². The number of esters is 1. The number of aliphatic hydroxyl groups is 15. The van der Waals surface area contributed by atoms with Crippen molar-refractivity contribution in [2.75, 3.05) is 26.4 Å². The zero-order valence-corrected chi connectivity index (χ0v) is 49.1. The minimum atomic E-state index is -1.97. The van der Waals surface area contributed by atoms with Crippen molar-refractivity contribution in [3.63, 3.8) is 0 Å². The molecule has 4 saturated carbocycles. The molecule has 0 aromatic carbocycles. The van der Waals surface area contributed by atoms with Gasteiger partial charge in [0.15, 0.2) is 31.3 Å². The predicted octanol–water partition coefficient (Wildman–Crippen LogP) is -2.93. The Balaban J connectivity index is 0.848. The van der Waals surface area contributed by atoms with Crippen LogP contribution in [0.25, 0.3) is 0 Å². The molecule has 5 heterocycles. The first kappa shape index (κ1) is 65.2. The average molecular weight is 1210 g/mol. The first-order valence-electron chi connectivity index (χ1n) is 30.1. The zero-order chi connectivity index (χ0) is 61.3. The molecule has 33 atom stereocenters. The number of carbonyl (C=O) groups is 1. The van der Waals surface area contributed by atoms with E-state index in [1.807, 2.05) is 6.92 Å². The Morgan fingerprint density at radius 2 is 1.15 bits per heavy atom. The van der Waals surface area contributed by atoms with E-state index < -0.39 is 207 Å². The summed E-state index contributed by atoms with van der Waals surface area (Å²) in [5.41, 5.74) is -3.06. The molecule has 0 bridgehead atoms. The lowest BCUT2D eigenvalue weighted by Crippen LogP contribution is -2.69. The van der Waals surface area contributed by atoms with E-state index in [9.17, 15) is 76.6 Å². The Bertz CT molecular complexity index is 2350. The fourth-order valence-electron chi connectivity index (χ4n) is 17.5. The molecule has 15 N–H and O–H groups in total. The number of hydrogen-bond donors (Lipinski definition) is 15. The average Bonchev–Trinajstić information content (AvgIpc) is 0.709. The second-order valence-electron chi connectivity index (χ2n) is 28.1. The molecule has 10 rings (SSSR count). The molecule has 26 heteroatoms. The maximum Gasteiger partial charge on any atom is 0.317 e. The van der Waals surface area contributed by atoms with Gasteiger partial charge < -0.3 is 124 Å². The number of allylic oxidation sites excluding steroid dienone is 2. The van der Waals surface area contributed by atoms with Gasteiger partial charge in [-0.2, -0.15) is 0 Å². The summed E-state index contributed by atoms with van der Waals surface area (Å²) in [6.07, 6.45) is -31.4. The third-order valence-corrected chi connectivity index (χ3v) is 22.8. The third-order valence-electron chi connectivity index (χ3n) is 22.8. The van der Waals surface area contributed by atoms with Crippen molar-refractivity contribution in [3.8, 4) is 0 Å². The lowest BCUT2D eigenvalue weighted by atomic mass is 9.33. The second kappa shape index (κ2) is 23.8. The summed E-state index contributed by atoms with van der Waals surface area (Å²) in [4.78, 5) is 15.4. The number of carbonyl (C=O) groups excluding carboxylic acids is 1. The monoisotopic (exact) mass is 1210 g/mol. The highest BCUT2D eigenvalue weighted by atomic mass is 16.8. The molecule has 26 nitrogen and oxygen atoms in total. The van der Waals surface area contributed by atoms with Gasteiger partial charge in [-0.15, -0.1) is 0 Å². The maximum atomic E-state index is 15.4.